The molecule has 1 fully saturated rings. The SMILES string of the molecule is O=C(/C=C/c1ccc(N2CCCS2(=O)=O)cc1)Nc1cccc2cccnc12. The number of sulfonamides is 1. The number of amides is 1. The molecule has 1 N–H and O–H groups in total. The van der Waals surface area contributed by atoms with E-state index in [1.54, 1.807) is 36.5 Å². The van der Waals surface area contributed by atoms with Gasteiger partial charge in [0.2, 0.25) is 15.9 Å². The predicted octanol–water partition coefficient (Wildman–Crippen LogP) is 3.43. The number of rotatable bonds is 4. The van der Waals surface area contributed by atoms with Crippen molar-refractivity contribution in [1.82, 2.24) is 4.98 Å². The number of pyridine rings is 1. The third-order valence-electron chi connectivity index (χ3n) is 4.60. The minimum Gasteiger partial charge on any atom is -0.321 e. The van der Waals surface area contributed by atoms with E-state index in [0.29, 0.717) is 24.3 Å². The fraction of sp³-hybridized carbons (Fsp3) is 0.143. The Morgan fingerprint density at radius 2 is 1.86 bits per heavy atom. The van der Waals surface area contributed by atoms with Crippen LogP contribution < -0.4 is 9.62 Å². The molecule has 7 heteroatoms. The van der Waals surface area contributed by atoms with Gasteiger partial charge in [-0.1, -0.05) is 30.3 Å². The molecule has 1 aliphatic heterocycles. The van der Waals surface area contributed by atoms with E-state index in [9.17, 15) is 13.2 Å². The summed E-state index contributed by atoms with van der Waals surface area (Å²) in [5, 5.41) is 3.80. The number of nitrogens with one attached hydrogen (secondary N) is 1. The highest BCUT2D eigenvalue weighted by atomic mass is 32.2. The molecule has 2 aromatic carbocycles. The second kappa shape index (κ2) is 7.44. The summed E-state index contributed by atoms with van der Waals surface area (Å²) in [5.74, 6) is -0.0675. The lowest BCUT2D eigenvalue weighted by atomic mass is 10.1. The Morgan fingerprint density at radius 1 is 1.07 bits per heavy atom. The van der Waals surface area contributed by atoms with Gasteiger partial charge < -0.3 is 5.32 Å². The Bertz CT molecular complexity index is 1150. The zero-order valence-corrected chi connectivity index (χ0v) is 15.9. The normalized spacial score (nSPS) is 15.9. The molecule has 0 saturated carbocycles. The first-order valence-corrected chi connectivity index (χ1v) is 10.6. The van der Waals surface area contributed by atoms with Gasteiger partial charge >= 0.3 is 0 Å². The molecule has 1 aliphatic rings. The molecule has 1 aromatic heterocycles. The van der Waals surface area contributed by atoms with Crippen LogP contribution in [0.1, 0.15) is 12.0 Å². The van der Waals surface area contributed by atoms with E-state index in [-0.39, 0.29) is 11.7 Å². The fourth-order valence-electron chi connectivity index (χ4n) is 3.23. The molecular weight excluding hydrogens is 374 g/mol. The third-order valence-corrected chi connectivity index (χ3v) is 6.47. The minimum atomic E-state index is -3.19. The van der Waals surface area contributed by atoms with Gasteiger partial charge in [-0.2, -0.15) is 0 Å². The summed E-state index contributed by atoms with van der Waals surface area (Å²) in [6.45, 7) is 0.513. The van der Waals surface area contributed by atoms with Gasteiger partial charge in [0.05, 0.1) is 22.6 Å². The second-order valence-corrected chi connectivity index (χ2v) is 8.55. The molecule has 28 heavy (non-hydrogen) atoms. The lowest BCUT2D eigenvalue weighted by Gasteiger charge is -2.16. The Hall–Kier alpha value is -3.19. The van der Waals surface area contributed by atoms with Crippen molar-refractivity contribution in [3.63, 3.8) is 0 Å². The zero-order valence-electron chi connectivity index (χ0n) is 15.1. The molecule has 0 bridgehead atoms. The van der Waals surface area contributed by atoms with Crippen molar-refractivity contribution in [2.45, 2.75) is 6.42 Å². The highest BCUT2D eigenvalue weighted by molar-refractivity contribution is 7.93. The summed E-state index contributed by atoms with van der Waals surface area (Å²) in [5.41, 5.74) is 2.86. The van der Waals surface area contributed by atoms with E-state index in [2.05, 4.69) is 10.3 Å². The van der Waals surface area contributed by atoms with Crippen molar-refractivity contribution < 1.29 is 13.2 Å². The Balaban J connectivity index is 1.46. The first-order chi connectivity index (χ1) is 13.5. The van der Waals surface area contributed by atoms with Gasteiger partial charge in [-0.05, 0) is 42.3 Å². The summed E-state index contributed by atoms with van der Waals surface area (Å²) in [7, 11) is -3.19. The van der Waals surface area contributed by atoms with Crippen LogP contribution in [0.25, 0.3) is 17.0 Å². The number of hydrogen-bond acceptors (Lipinski definition) is 4. The number of para-hydroxylation sites is 1. The molecule has 3 aromatic rings. The van der Waals surface area contributed by atoms with Crippen molar-refractivity contribution in [1.29, 1.82) is 0 Å². The van der Waals surface area contributed by atoms with Crippen molar-refractivity contribution in [3.05, 3.63) is 72.4 Å². The smallest absolute Gasteiger partial charge is 0.248 e. The van der Waals surface area contributed by atoms with Crippen LogP contribution in [0.15, 0.2) is 66.9 Å². The van der Waals surface area contributed by atoms with Gasteiger partial charge in [-0.25, -0.2) is 8.42 Å². The van der Waals surface area contributed by atoms with Crippen molar-refractivity contribution in [2.24, 2.45) is 0 Å². The first-order valence-electron chi connectivity index (χ1n) is 8.96. The van der Waals surface area contributed by atoms with Crippen molar-refractivity contribution >= 4 is 44.3 Å². The van der Waals surface area contributed by atoms with Gasteiger partial charge in [0.25, 0.3) is 0 Å². The molecule has 0 atom stereocenters. The summed E-state index contributed by atoms with van der Waals surface area (Å²) >= 11 is 0. The van der Waals surface area contributed by atoms with Gasteiger partial charge in [0, 0.05) is 24.2 Å². The largest absolute Gasteiger partial charge is 0.321 e. The molecular formula is C21H19N3O3S. The standard InChI is InChI=1S/C21H19N3O3S/c25-20(23-19-6-1-4-17-5-2-13-22-21(17)19)12-9-16-7-10-18(11-8-16)24-14-3-15-28(24,26)27/h1-2,4-13H,3,14-15H2,(H,23,25)/b12-9+. The average Bonchev–Trinajstić information content (AvgIpc) is 3.06. The Kier molecular flexibility index (Phi) is 4.83. The number of fused-ring (bicyclic) bond motifs is 1. The molecule has 0 aliphatic carbocycles. The van der Waals surface area contributed by atoms with Crippen LogP contribution in [-0.4, -0.2) is 31.6 Å². The number of nitrogens with zero attached hydrogens (tertiary/aromatic N) is 2. The summed E-state index contributed by atoms with van der Waals surface area (Å²) in [6, 6.07) is 16.5. The topological polar surface area (TPSA) is 79.4 Å². The number of benzene rings is 2. The molecule has 142 valence electrons. The molecule has 0 radical (unpaired) electrons. The number of carbonyl (C=O) groups is 1. The van der Waals surface area contributed by atoms with Gasteiger partial charge in [0.1, 0.15) is 0 Å². The van der Waals surface area contributed by atoms with E-state index in [0.717, 1.165) is 16.5 Å². The summed E-state index contributed by atoms with van der Waals surface area (Å²) in [6.07, 6.45) is 5.47. The molecule has 2 heterocycles. The maximum atomic E-state index is 12.3. The lowest BCUT2D eigenvalue weighted by molar-refractivity contribution is -0.111. The monoisotopic (exact) mass is 393 g/mol. The number of aromatic nitrogens is 1. The zero-order chi connectivity index (χ0) is 19.6. The predicted molar refractivity (Wildman–Crippen MR) is 112 cm³/mol. The maximum absolute atomic E-state index is 12.3. The number of hydrogen-bond donors (Lipinski definition) is 1. The van der Waals surface area contributed by atoms with Gasteiger partial charge in [-0.3, -0.25) is 14.1 Å². The van der Waals surface area contributed by atoms with E-state index < -0.39 is 10.0 Å². The van der Waals surface area contributed by atoms with Crippen LogP contribution in [-0.2, 0) is 14.8 Å². The molecule has 1 amide bonds. The van der Waals surface area contributed by atoms with Crippen LogP contribution in [0.4, 0.5) is 11.4 Å². The highest BCUT2D eigenvalue weighted by Crippen LogP contribution is 2.24. The fourth-order valence-corrected chi connectivity index (χ4v) is 4.80. The highest BCUT2D eigenvalue weighted by Gasteiger charge is 2.28. The van der Waals surface area contributed by atoms with Crippen molar-refractivity contribution in [3.8, 4) is 0 Å². The number of carbonyl (C=O) groups excluding carboxylic acids is 1. The lowest BCUT2D eigenvalue weighted by Crippen LogP contribution is -2.24. The quantitative estimate of drug-likeness (QED) is 0.689. The average molecular weight is 393 g/mol. The molecule has 0 spiro atoms. The van der Waals surface area contributed by atoms with E-state index in [1.807, 2.05) is 30.3 Å². The molecule has 0 unspecified atom stereocenters. The van der Waals surface area contributed by atoms with Gasteiger partial charge in [-0.15, -0.1) is 0 Å². The van der Waals surface area contributed by atoms with Crippen LogP contribution in [0, 0.1) is 0 Å². The van der Waals surface area contributed by atoms with Crippen LogP contribution >= 0.6 is 0 Å². The van der Waals surface area contributed by atoms with Crippen LogP contribution in [0.3, 0.4) is 0 Å². The molecule has 4 rings (SSSR count). The minimum absolute atomic E-state index is 0.192. The molecule has 6 nitrogen and oxygen atoms in total. The van der Waals surface area contributed by atoms with Crippen LogP contribution in [0.2, 0.25) is 0 Å². The van der Waals surface area contributed by atoms with E-state index in [4.69, 9.17) is 0 Å². The number of anilines is 2. The summed E-state index contributed by atoms with van der Waals surface area (Å²) < 4.78 is 25.4. The van der Waals surface area contributed by atoms with Crippen molar-refractivity contribution in [2.75, 3.05) is 21.9 Å². The third kappa shape index (κ3) is 3.75. The Morgan fingerprint density at radius 3 is 2.61 bits per heavy atom. The first kappa shape index (κ1) is 18.2. The van der Waals surface area contributed by atoms with E-state index >= 15 is 0 Å². The Labute approximate surface area is 163 Å². The maximum Gasteiger partial charge on any atom is 0.248 e. The van der Waals surface area contributed by atoms with E-state index in [1.165, 1.54) is 10.4 Å². The second-order valence-electron chi connectivity index (χ2n) is 6.54. The summed E-state index contributed by atoms with van der Waals surface area (Å²) in [4.78, 5) is 16.6. The van der Waals surface area contributed by atoms with Gasteiger partial charge in [0.15, 0.2) is 0 Å². The molecule has 1 saturated heterocycles. The van der Waals surface area contributed by atoms with Crippen LogP contribution in [0.5, 0.6) is 0 Å².